The Kier molecular flexibility index (Phi) is 6.25. The SMILES string of the molecule is O=C(c1cccc(CS(=O)(=O)c2ccccc2)c1)N1CCN(c2ncccc2Cl)CC1. The predicted octanol–water partition coefficient (Wildman–Crippen LogP) is 3.67. The first-order chi connectivity index (χ1) is 14.9. The van der Waals surface area contributed by atoms with E-state index in [1.54, 1.807) is 77.8 Å². The highest BCUT2D eigenvalue weighted by Crippen LogP contribution is 2.24. The van der Waals surface area contributed by atoms with Gasteiger partial charge in [0.1, 0.15) is 5.82 Å². The third-order valence-corrected chi connectivity index (χ3v) is 7.24. The Hall–Kier alpha value is -2.90. The number of hydrogen-bond acceptors (Lipinski definition) is 5. The molecule has 1 fully saturated rings. The van der Waals surface area contributed by atoms with E-state index in [1.807, 2.05) is 0 Å². The molecule has 0 spiro atoms. The van der Waals surface area contributed by atoms with E-state index in [-0.39, 0.29) is 16.6 Å². The molecular weight excluding hydrogens is 434 g/mol. The fourth-order valence-corrected chi connectivity index (χ4v) is 5.24. The number of benzene rings is 2. The highest BCUT2D eigenvalue weighted by molar-refractivity contribution is 7.90. The number of piperazine rings is 1. The minimum absolute atomic E-state index is 0.106. The highest BCUT2D eigenvalue weighted by atomic mass is 35.5. The van der Waals surface area contributed by atoms with E-state index >= 15 is 0 Å². The van der Waals surface area contributed by atoms with Gasteiger partial charge in [-0.1, -0.05) is 41.9 Å². The van der Waals surface area contributed by atoms with E-state index in [9.17, 15) is 13.2 Å². The Balaban J connectivity index is 1.44. The van der Waals surface area contributed by atoms with Crippen molar-refractivity contribution in [2.24, 2.45) is 0 Å². The van der Waals surface area contributed by atoms with Crippen molar-refractivity contribution in [3.05, 3.63) is 89.1 Å². The van der Waals surface area contributed by atoms with E-state index in [4.69, 9.17) is 11.6 Å². The summed E-state index contributed by atoms with van der Waals surface area (Å²) in [4.78, 5) is 21.5. The maximum absolute atomic E-state index is 13.0. The maximum Gasteiger partial charge on any atom is 0.253 e. The average Bonchev–Trinajstić information content (AvgIpc) is 2.79. The molecule has 2 aromatic carbocycles. The molecule has 1 aliphatic heterocycles. The minimum Gasteiger partial charge on any atom is -0.352 e. The fraction of sp³-hybridized carbons (Fsp3) is 0.217. The first-order valence-corrected chi connectivity index (χ1v) is 12.0. The smallest absolute Gasteiger partial charge is 0.253 e. The Bertz CT molecular complexity index is 1180. The molecule has 0 atom stereocenters. The number of hydrogen-bond donors (Lipinski definition) is 0. The summed E-state index contributed by atoms with van der Waals surface area (Å²) in [5.74, 6) is 0.472. The third kappa shape index (κ3) is 4.89. The molecule has 160 valence electrons. The number of halogens is 1. The van der Waals surface area contributed by atoms with Crippen LogP contribution in [0.5, 0.6) is 0 Å². The van der Waals surface area contributed by atoms with Gasteiger partial charge in [-0.3, -0.25) is 4.79 Å². The molecule has 0 bridgehead atoms. The standard InChI is InChI=1S/C23H22ClN3O3S/c24-21-10-5-11-25-22(21)26-12-14-27(15-13-26)23(28)19-7-4-6-18(16-19)17-31(29,30)20-8-2-1-3-9-20/h1-11,16H,12-15,17H2. The van der Waals surface area contributed by atoms with Gasteiger partial charge >= 0.3 is 0 Å². The van der Waals surface area contributed by atoms with Crippen LogP contribution in [0.2, 0.25) is 5.02 Å². The first kappa shape index (κ1) is 21.3. The molecule has 0 aliphatic carbocycles. The monoisotopic (exact) mass is 455 g/mol. The number of carbonyl (C=O) groups excluding carboxylic acids is 1. The molecule has 1 aliphatic rings. The third-order valence-electron chi connectivity index (χ3n) is 5.24. The van der Waals surface area contributed by atoms with Crippen molar-refractivity contribution >= 4 is 33.2 Å². The molecule has 3 aromatic rings. The van der Waals surface area contributed by atoms with Gasteiger partial charge in [-0.25, -0.2) is 13.4 Å². The first-order valence-electron chi connectivity index (χ1n) is 9.95. The van der Waals surface area contributed by atoms with Gasteiger partial charge in [0.05, 0.1) is 15.7 Å². The van der Waals surface area contributed by atoms with Gasteiger partial charge in [0, 0.05) is 37.9 Å². The molecule has 1 amide bonds. The zero-order chi connectivity index (χ0) is 21.8. The summed E-state index contributed by atoms with van der Waals surface area (Å²) < 4.78 is 25.3. The molecule has 2 heterocycles. The number of nitrogens with zero attached hydrogens (tertiary/aromatic N) is 3. The number of sulfone groups is 1. The van der Waals surface area contributed by atoms with Crippen LogP contribution >= 0.6 is 11.6 Å². The second kappa shape index (κ2) is 9.08. The summed E-state index contributed by atoms with van der Waals surface area (Å²) in [7, 11) is -3.47. The summed E-state index contributed by atoms with van der Waals surface area (Å²) >= 11 is 6.23. The van der Waals surface area contributed by atoms with Crippen molar-refractivity contribution in [1.82, 2.24) is 9.88 Å². The minimum atomic E-state index is -3.47. The van der Waals surface area contributed by atoms with Gasteiger partial charge in [0.25, 0.3) is 5.91 Å². The molecule has 1 saturated heterocycles. The summed E-state index contributed by atoms with van der Waals surface area (Å²) in [5, 5.41) is 0.592. The van der Waals surface area contributed by atoms with Crippen molar-refractivity contribution < 1.29 is 13.2 Å². The van der Waals surface area contributed by atoms with Crippen molar-refractivity contribution in [1.29, 1.82) is 0 Å². The van der Waals surface area contributed by atoms with E-state index in [1.165, 1.54) is 0 Å². The quantitative estimate of drug-likeness (QED) is 0.587. The number of carbonyl (C=O) groups is 1. The van der Waals surface area contributed by atoms with Crippen LogP contribution in [0.25, 0.3) is 0 Å². The zero-order valence-electron chi connectivity index (χ0n) is 16.8. The number of pyridine rings is 1. The van der Waals surface area contributed by atoms with E-state index in [0.29, 0.717) is 42.3 Å². The molecule has 4 rings (SSSR count). The van der Waals surface area contributed by atoms with Gasteiger partial charge in [0.2, 0.25) is 0 Å². The second-order valence-corrected chi connectivity index (χ2v) is 9.76. The number of amides is 1. The van der Waals surface area contributed by atoms with Crippen LogP contribution in [0.1, 0.15) is 15.9 Å². The van der Waals surface area contributed by atoms with Gasteiger partial charge in [0.15, 0.2) is 9.84 Å². The highest BCUT2D eigenvalue weighted by Gasteiger charge is 2.24. The van der Waals surface area contributed by atoms with Gasteiger partial charge in [-0.05, 0) is 42.0 Å². The van der Waals surface area contributed by atoms with Gasteiger partial charge in [-0.15, -0.1) is 0 Å². The Labute approximate surface area is 187 Å². The van der Waals surface area contributed by atoms with Crippen LogP contribution in [0.4, 0.5) is 5.82 Å². The van der Waals surface area contributed by atoms with Crippen LogP contribution in [-0.4, -0.2) is 50.4 Å². The summed E-state index contributed by atoms with van der Waals surface area (Å²) in [6.45, 7) is 2.34. The van der Waals surface area contributed by atoms with E-state index < -0.39 is 9.84 Å². The van der Waals surface area contributed by atoms with Gasteiger partial charge < -0.3 is 9.80 Å². The van der Waals surface area contributed by atoms with E-state index in [0.717, 1.165) is 5.82 Å². The maximum atomic E-state index is 13.0. The van der Waals surface area contributed by atoms with Crippen molar-refractivity contribution in [2.45, 2.75) is 10.6 Å². The lowest BCUT2D eigenvalue weighted by atomic mass is 10.1. The van der Waals surface area contributed by atoms with Gasteiger partial charge in [-0.2, -0.15) is 0 Å². The lowest BCUT2D eigenvalue weighted by molar-refractivity contribution is 0.0746. The number of rotatable bonds is 5. The lowest BCUT2D eigenvalue weighted by Crippen LogP contribution is -2.49. The Morgan fingerprint density at radius 2 is 1.68 bits per heavy atom. The molecule has 8 heteroatoms. The predicted molar refractivity (Wildman–Crippen MR) is 121 cm³/mol. The topological polar surface area (TPSA) is 70.6 Å². The molecule has 0 saturated carbocycles. The summed E-state index contributed by atoms with van der Waals surface area (Å²) in [6.07, 6.45) is 1.70. The molecule has 1 aromatic heterocycles. The average molecular weight is 456 g/mol. The molecule has 0 radical (unpaired) electrons. The zero-order valence-corrected chi connectivity index (χ0v) is 18.4. The number of anilines is 1. The van der Waals surface area contributed by atoms with Crippen molar-refractivity contribution in [3.8, 4) is 0 Å². The number of aromatic nitrogens is 1. The lowest BCUT2D eigenvalue weighted by Gasteiger charge is -2.35. The second-order valence-electron chi connectivity index (χ2n) is 7.36. The molecule has 0 unspecified atom stereocenters. The Morgan fingerprint density at radius 1 is 0.935 bits per heavy atom. The van der Waals surface area contributed by atoms with Crippen LogP contribution in [0.15, 0.2) is 77.8 Å². The van der Waals surface area contributed by atoms with Crippen molar-refractivity contribution in [2.75, 3.05) is 31.1 Å². The molecule has 0 N–H and O–H groups in total. The molecule has 31 heavy (non-hydrogen) atoms. The normalized spacial score (nSPS) is 14.5. The van der Waals surface area contributed by atoms with Crippen LogP contribution in [0.3, 0.4) is 0 Å². The summed E-state index contributed by atoms with van der Waals surface area (Å²) in [6, 6.07) is 18.8. The van der Waals surface area contributed by atoms with Crippen LogP contribution in [0, 0.1) is 0 Å². The van der Waals surface area contributed by atoms with Crippen LogP contribution < -0.4 is 4.90 Å². The Morgan fingerprint density at radius 3 is 2.39 bits per heavy atom. The molecular formula is C23H22ClN3O3S. The van der Waals surface area contributed by atoms with Crippen LogP contribution in [-0.2, 0) is 15.6 Å². The molecule has 6 nitrogen and oxygen atoms in total. The largest absolute Gasteiger partial charge is 0.352 e. The summed E-state index contributed by atoms with van der Waals surface area (Å²) in [5.41, 5.74) is 1.08. The fourth-order valence-electron chi connectivity index (χ4n) is 3.64. The van der Waals surface area contributed by atoms with Crippen molar-refractivity contribution in [3.63, 3.8) is 0 Å². The van der Waals surface area contributed by atoms with E-state index in [2.05, 4.69) is 9.88 Å².